The molecule has 0 bridgehead atoms. The number of aliphatic hydroxyl groups is 3. The summed E-state index contributed by atoms with van der Waals surface area (Å²) in [5, 5.41) is 35.1. The fourth-order valence-electron chi connectivity index (χ4n) is 4.70. The number of carbonyl (C=O) groups is 2. The van der Waals surface area contributed by atoms with E-state index in [1.807, 2.05) is 17.1 Å². The van der Waals surface area contributed by atoms with Crippen LogP contribution < -0.4 is 22.3 Å². The highest BCUT2D eigenvalue weighted by molar-refractivity contribution is 6.02. The van der Waals surface area contributed by atoms with Gasteiger partial charge >= 0.3 is 5.69 Å². The first-order valence-corrected chi connectivity index (χ1v) is 12.6. The quantitative estimate of drug-likeness (QED) is 0.166. The minimum absolute atomic E-state index is 0.177. The number of aromatic amines is 1. The average Bonchev–Trinajstić information content (AvgIpc) is 3.28. The Bertz CT molecular complexity index is 1640. The Morgan fingerprint density at radius 1 is 1.12 bits per heavy atom. The van der Waals surface area contributed by atoms with E-state index in [9.17, 15) is 34.5 Å². The Morgan fingerprint density at radius 3 is 2.60 bits per heavy atom. The van der Waals surface area contributed by atoms with Crippen molar-refractivity contribution in [2.45, 2.75) is 49.1 Å². The summed E-state index contributed by atoms with van der Waals surface area (Å²) < 4.78 is 23.0. The molecule has 2 amide bonds. The van der Waals surface area contributed by atoms with Gasteiger partial charge in [0.1, 0.15) is 36.3 Å². The molecule has 1 saturated heterocycles. The van der Waals surface area contributed by atoms with Crippen LogP contribution in [0.15, 0.2) is 70.1 Å². The van der Waals surface area contributed by atoms with Crippen LogP contribution in [0.1, 0.15) is 6.23 Å². The van der Waals surface area contributed by atoms with Crippen molar-refractivity contribution in [3.05, 3.63) is 81.3 Å². The van der Waals surface area contributed by atoms with E-state index >= 15 is 0 Å². The first-order chi connectivity index (χ1) is 20.1. The molecule has 0 unspecified atom stereocenters. The number of amides is 2. The molecule has 0 aliphatic carbocycles. The number of H-pyrrole nitrogens is 1. The summed E-state index contributed by atoms with van der Waals surface area (Å²) >= 11 is 0. The zero-order chi connectivity index (χ0) is 30.1. The first-order valence-electron chi connectivity index (χ1n) is 12.6. The van der Waals surface area contributed by atoms with E-state index in [4.69, 9.17) is 24.7 Å². The van der Waals surface area contributed by atoms with Crippen molar-refractivity contribution < 1.29 is 43.9 Å². The van der Waals surface area contributed by atoms with E-state index in [1.54, 1.807) is 24.3 Å². The van der Waals surface area contributed by atoms with Crippen molar-refractivity contribution in [3.8, 4) is 0 Å². The number of benzene rings is 1. The number of aromatic nitrogens is 3. The summed E-state index contributed by atoms with van der Waals surface area (Å²) in [7, 11) is 1.20. The van der Waals surface area contributed by atoms with Crippen molar-refractivity contribution in [2.75, 3.05) is 12.4 Å². The average molecular weight is 586 g/mol. The lowest BCUT2D eigenvalue weighted by molar-refractivity contribution is -0.241. The number of hydrogen-bond donors (Lipinski definition) is 6. The highest BCUT2D eigenvalue weighted by Crippen LogP contribution is 2.34. The second-order valence-electron chi connectivity index (χ2n) is 9.50. The number of methoxy groups -OCH3 is 1. The Kier molecular flexibility index (Phi) is 8.17. The van der Waals surface area contributed by atoms with E-state index in [2.05, 4.69) is 10.3 Å². The lowest BCUT2D eigenvalue weighted by Crippen LogP contribution is -2.53. The molecule has 222 valence electrons. The summed E-state index contributed by atoms with van der Waals surface area (Å²) in [6.45, 7) is 0. The molecule has 0 saturated carbocycles. The van der Waals surface area contributed by atoms with Gasteiger partial charge in [-0.15, -0.1) is 0 Å². The Hall–Kier alpha value is -4.45. The SMILES string of the molecule is CO[C@H]1[C@@H](O)[C@H](n2ccc(=O)[nH]c2=O)O[C@@H]1[C@@H](O[C@H]1OC(C(=O)Nc2ccc3ccccc3n2)=C[C@H](O)[C@@H]1O)C(N)=O. The van der Waals surface area contributed by atoms with E-state index in [0.29, 0.717) is 5.52 Å². The molecule has 16 nitrogen and oxygen atoms in total. The topological polar surface area (TPSA) is 238 Å². The lowest BCUT2D eigenvalue weighted by Gasteiger charge is -2.35. The maximum Gasteiger partial charge on any atom is 0.330 e. The normalized spacial score (nSPS) is 28.1. The van der Waals surface area contributed by atoms with Gasteiger partial charge in [0, 0.05) is 24.8 Å². The van der Waals surface area contributed by atoms with Gasteiger partial charge in [0.25, 0.3) is 11.5 Å². The van der Waals surface area contributed by atoms with Gasteiger partial charge in [0.15, 0.2) is 18.1 Å². The maximum absolute atomic E-state index is 13.0. The van der Waals surface area contributed by atoms with Gasteiger partial charge in [-0.05, 0) is 24.3 Å². The van der Waals surface area contributed by atoms with Crippen LogP contribution in [-0.4, -0.2) is 91.7 Å². The highest BCUT2D eigenvalue weighted by atomic mass is 16.7. The van der Waals surface area contributed by atoms with Gasteiger partial charge in [-0.25, -0.2) is 9.78 Å². The second-order valence-corrected chi connectivity index (χ2v) is 9.50. The van der Waals surface area contributed by atoms with E-state index in [-0.39, 0.29) is 5.82 Å². The Labute approximate surface area is 235 Å². The zero-order valence-electron chi connectivity index (χ0n) is 21.9. The number of rotatable bonds is 8. The van der Waals surface area contributed by atoms with Crippen molar-refractivity contribution >= 4 is 28.5 Å². The molecule has 2 aliphatic heterocycles. The number of ether oxygens (including phenoxy) is 4. The number of nitrogens with zero attached hydrogens (tertiary/aromatic N) is 2. The lowest BCUT2D eigenvalue weighted by atomic mass is 10.0. The van der Waals surface area contributed by atoms with Crippen LogP contribution in [0, 0.1) is 0 Å². The molecule has 16 heteroatoms. The van der Waals surface area contributed by atoms with Gasteiger partial charge in [-0.2, -0.15) is 0 Å². The number of nitrogens with two attached hydrogens (primary N) is 1. The number of primary amides is 1. The molecule has 4 heterocycles. The number of anilines is 1. The largest absolute Gasteiger partial charge is 0.456 e. The first kappa shape index (κ1) is 29.1. The van der Waals surface area contributed by atoms with Gasteiger partial charge in [-0.3, -0.25) is 23.9 Å². The van der Waals surface area contributed by atoms with E-state index < -0.39 is 78.0 Å². The van der Waals surface area contributed by atoms with Crippen molar-refractivity contribution in [3.63, 3.8) is 0 Å². The fourth-order valence-corrected chi connectivity index (χ4v) is 4.70. The molecular weight excluding hydrogens is 558 g/mol. The Balaban J connectivity index is 1.34. The molecule has 0 spiro atoms. The molecule has 1 fully saturated rings. The number of nitrogens with one attached hydrogen (secondary N) is 2. The molecule has 0 radical (unpaired) electrons. The molecule has 42 heavy (non-hydrogen) atoms. The minimum Gasteiger partial charge on any atom is -0.456 e. The number of aliphatic hydroxyl groups excluding tert-OH is 3. The molecule has 3 aromatic rings. The fraction of sp³-hybridized carbons (Fsp3) is 0.346. The molecule has 8 atom stereocenters. The number of hydrogen-bond acceptors (Lipinski definition) is 12. The number of fused-ring (bicyclic) bond motifs is 1. The van der Waals surface area contributed by atoms with Crippen LogP contribution in [-0.2, 0) is 28.5 Å². The summed E-state index contributed by atoms with van der Waals surface area (Å²) in [6, 6.07) is 11.5. The van der Waals surface area contributed by atoms with Crippen LogP contribution >= 0.6 is 0 Å². The van der Waals surface area contributed by atoms with Gasteiger partial charge in [0.2, 0.25) is 12.2 Å². The molecule has 2 aliphatic rings. The van der Waals surface area contributed by atoms with E-state index in [1.165, 1.54) is 7.11 Å². The van der Waals surface area contributed by atoms with Crippen LogP contribution in [0.4, 0.5) is 5.82 Å². The van der Waals surface area contributed by atoms with Crippen LogP contribution in [0.2, 0.25) is 0 Å². The minimum atomic E-state index is -1.82. The number of para-hydroxylation sites is 1. The monoisotopic (exact) mass is 585 g/mol. The van der Waals surface area contributed by atoms with E-state index in [0.717, 1.165) is 28.3 Å². The third-order valence-corrected chi connectivity index (χ3v) is 6.76. The second kappa shape index (κ2) is 11.8. The molecule has 7 N–H and O–H groups in total. The third kappa shape index (κ3) is 5.67. The van der Waals surface area contributed by atoms with Gasteiger partial charge < -0.3 is 45.3 Å². The number of pyridine rings is 1. The van der Waals surface area contributed by atoms with Crippen molar-refractivity contribution in [1.29, 1.82) is 0 Å². The van der Waals surface area contributed by atoms with Gasteiger partial charge in [-0.1, -0.05) is 18.2 Å². The maximum atomic E-state index is 13.0. The van der Waals surface area contributed by atoms with Crippen LogP contribution in [0.3, 0.4) is 0 Å². The molecule has 1 aromatic carbocycles. The highest BCUT2D eigenvalue weighted by Gasteiger charge is 2.52. The predicted octanol–water partition coefficient (Wildman–Crippen LogP) is -2.17. The third-order valence-electron chi connectivity index (χ3n) is 6.76. The van der Waals surface area contributed by atoms with Crippen molar-refractivity contribution in [1.82, 2.24) is 14.5 Å². The van der Waals surface area contributed by atoms with Gasteiger partial charge in [0.05, 0.1) is 5.52 Å². The molecule has 5 rings (SSSR count). The summed E-state index contributed by atoms with van der Waals surface area (Å²) in [5.41, 5.74) is 4.57. The summed E-state index contributed by atoms with van der Waals surface area (Å²) in [6.07, 6.45) is -10.8. The molecule has 2 aromatic heterocycles. The van der Waals surface area contributed by atoms with Crippen LogP contribution in [0.25, 0.3) is 10.9 Å². The zero-order valence-corrected chi connectivity index (χ0v) is 21.9. The van der Waals surface area contributed by atoms with Crippen LogP contribution in [0.5, 0.6) is 0 Å². The Morgan fingerprint density at radius 2 is 1.88 bits per heavy atom. The molecular formula is C26H27N5O11. The smallest absolute Gasteiger partial charge is 0.330 e. The number of carbonyl (C=O) groups excluding carboxylic acids is 2. The summed E-state index contributed by atoms with van der Waals surface area (Å²) in [5.74, 6) is -2.26. The predicted molar refractivity (Wildman–Crippen MR) is 141 cm³/mol. The summed E-state index contributed by atoms with van der Waals surface area (Å²) in [4.78, 5) is 55.6. The standard InChI is InChI=1S/C26H27N5O11/c1-39-19-18(35)24(31-9-8-16(33)30-26(31)38)41-20(19)21(22(27)36)42-25-17(34)13(32)10-14(40-25)23(37)29-15-7-6-11-4-2-3-5-12(11)28-15/h2-10,13,17-21,24-25,32,34-35H,1H3,(H2,27,36)(H,28,29,37)(H,30,33,38)/t13-,17-,18+,19-,20-,21+,24+,25+/m0/s1. The van der Waals surface area contributed by atoms with Crippen molar-refractivity contribution in [2.24, 2.45) is 5.73 Å².